The average molecular weight is 289 g/mol. The third-order valence-electron chi connectivity index (χ3n) is 4.94. The Hall–Kier alpha value is -1.32. The maximum Gasteiger partial charge on any atom is 0.220 e. The molecule has 2 aliphatic rings. The molecule has 21 heavy (non-hydrogen) atoms. The molecule has 4 nitrogen and oxygen atoms in total. The Morgan fingerprint density at radius 1 is 1.33 bits per heavy atom. The summed E-state index contributed by atoms with van der Waals surface area (Å²) in [5, 5.41) is 3.07. The second kappa shape index (κ2) is 6.63. The first-order valence-corrected chi connectivity index (χ1v) is 8.53. The fourth-order valence-electron chi connectivity index (χ4n) is 3.47. The molecule has 3 rings (SSSR count). The molecular formula is C17H27N3O. The lowest BCUT2D eigenvalue weighted by Crippen LogP contribution is -2.28. The van der Waals surface area contributed by atoms with Crippen LogP contribution >= 0.6 is 0 Å². The van der Waals surface area contributed by atoms with E-state index >= 15 is 0 Å². The van der Waals surface area contributed by atoms with Gasteiger partial charge < -0.3 is 9.88 Å². The van der Waals surface area contributed by atoms with Gasteiger partial charge in [-0.1, -0.05) is 25.7 Å². The number of carbonyl (C=O) groups excluding carboxylic acids is 1. The van der Waals surface area contributed by atoms with E-state index in [-0.39, 0.29) is 5.91 Å². The zero-order chi connectivity index (χ0) is 14.7. The number of nitrogens with one attached hydrogen (secondary N) is 1. The van der Waals surface area contributed by atoms with Crippen molar-refractivity contribution in [1.29, 1.82) is 0 Å². The van der Waals surface area contributed by atoms with Crippen molar-refractivity contribution in [3.8, 4) is 0 Å². The van der Waals surface area contributed by atoms with Crippen LogP contribution in [0.5, 0.6) is 0 Å². The van der Waals surface area contributed by atoms with E-state index in [1.807, 2.05) is 6.20 Å². The Balaban J connectivity index is 1.39. The first-order valence-electron chi connectivity index (χ1n) is 8.53. The normalized spacial score (nSPS) is 19.1. The molecule has 0 bridgehead atoms. The summed E-state index contributed by atoms with van der Waals surface area (Å²) in [6, 6.07) is 0. The molecule has 0 aliphatic heterocycles. The van der Waals surface area contributed by atoms with Gasteiger partial charge >= 0.3 is 0 Å². The highest BCUT2D eigenvalue weighted by Gasteiger charge is 2.28. The van der Waals surface area contributed by atoms with Gasteiger partial charge in [0.2, 0.25) is 5.91 Å². The molecule has 0 aromatic carbocycles. The van der Waals surface area contributed by atoms with Gasteiger partial charge in [-0.25, -0.2) is 4.98 Å². The van der Waals surface area contributed by atoms with E-state index < -0.39 is 0 Å². The molecule has 1 aromatic rings. The minimum Gasteiger partial charge on any atom is -0.354 e. The summed E-state index contributed by atoms with van der Waals surface area (Å²) < 4.78 is 2.27. The van der Waals surface area contributed by atoms with Gasteiger partial charge in [-0.15, -0.1) is 0 Å². The summed E-state index contributed by atoms with van der Waals surface area (Å²) in [5.41, 5.74) is 1.21. The Bertz CT molecular complexity index is 484. The Morgan fingerprint density at radius 2 is 2.10 bits per heavy atom. The molecule has 0 unspecified atom stereocenters. The van der Waals surface area contributed by atoms with E-state index in [2.05, 4.69) is 21.8 Å². The van der Waals surface area contributed by atoms with Crippen molar-refractivity contribution in [2.24, 2.45) is 5.92 Å². The molecule has 0 saturated heterocycles. The lowest BCUT2D eigenvalue weighted by atomic mass is 10.0. The van der Waals surface area contributed by atoms with Crippen molar-refractivity contribution in [1.82, 2.24) is 14.9 Å². The van der Waals surface area contributed by atoms with Crippen molar-refractivity contribution in [2.75, 3.05) is 6.54 Å². The molecule has 1 aromatic heterocycles. The Kier molecular flexibility index (Phi) is 4.61. The molecule has 2 aliphatic carbocycles. The molecule has 2 fully saturated rings. The predicted octanol–water partition coefficient (Wildman–Crippen LogP) is 3.16. The number of aromatic nitrogens is 2. The zero-order valence-electron chi connectivity index (χ0n) is 13.1. The van der Waals surface area contributed by atoms with Crippen molar-refractivity contribution in [2.45, 2.75) is 70.8 Å². The van der Waals surface area contributed by atoms with Gasteiger partial charge in [0.15, 0.2) is 0 Å². The Morgan fingerprint density at radius 3 is 2.81 bits per heavy atom. The fourth-order valence-corrected chi connectivity index (χ4v) is 3.47. The third-order valence-corrected chi connectivity index (χ3v) is 4.94. The zero-order valence-corrected chi connectivity index (χ0v) is 13.1. The first-order chi connectivity index (χ1) is 10.2. The quantitative estimate of drug-likeness (QED) is 0.838. The van der Waals surface area contributed by atoms with Gasteiger partial charge in [-0.05, 0) is 32.1 Å². The van der Waals surface area contributed by atoms with E-state index in [4.69, 9.17) is 0 Å². The molecule has 1 heterocycles. The number of aryl methyl sites for hydroxylation is 1. The van der Waals surface area contributed by atoms with E-state index in [9.17, 15) is 4.79 Å². The topological polar surface area (TPSA) is 46.9 Å². The van der Waals surface area contributed by atoms with Crippen LogP contribution in [0, 0.1) is 12.8 Å². The van der Waals surface area contributed by atoms with Crippen molar-refractivity contribution in [3.05, 3.63) is 17.7 Å². The summed E-state index contributed by atoms with van der Waals surface area (Å²) in [4.78, 5) is 16.4. The van der Waals surface area contributed by atoms with Crippen molar-refractivity contribution >= 4 is 5.91 Å². The van der Waals surface area contributed by atoms with Crippen molar-refractivity contribution in [3.63, 3.8) is 0 Å². The molecule has 0 atom stereocenters. The maximum absolute atomic E-state index is 11.9. The third kappa shape index (κ3) is 3.86. The van der Waals surface area contributed by atoms with Crippen LogP contribution in [0.1, 0.15) is 68.8 Å². The second-order valence-electron chi connectivity index (χ2n) is 6.72. The second-order valence-corrected chi connectivity index (χ2v) is 6.72. The molecule has 1 N–H and O–H groups in total. The molecule has 1 amide bonds. The van der Waals surface area contributed by atoms with Gasteiger partial charge in [-0.2, -0.15) is 0 Å². The number of hydrogen-bond donors (Lipinski definition) is 1. The summed E-state index contributed by atoms with van der Waals surface area (Å²) >= 11 is 0. The van der Waals surface area contributed by atoms with Gasteiger partial charge in [-0.3, -0.25) is 4.79 Å². The summed E-state index contributed by atoms with van der Waals surface area (Å²) in [5.74, 6) is 2.89. The maximum atomic E-state index is 11.9. The Labute approximate surface area is 127 Å². The van der Waals surface area contributed by atoms with Crippen LogP contribution in [0.4, 0.5) is 0 Å². The van der Waals surface area contributed by atoms with Gasteiger partial charge in [0.25, 0.3) is 0 Å². The van der Waals surface area contributed by atoms with Crippen LogP contribution in [-0.2, 0) is 11.3 Å². The molecule has 4 heteroatoms. The highest BCUT2D eigenvalue weighted by Crippen LogP contribution is 2.39. The fraction of sp³-hybridized carbons (Fsp3) is 0.765. The molecule has 0 radical (unpaired) electrons. The standard InChI is InChI=1S/C17H27N3O/c1-13-12-19-17(15-7-8-15)20(13)11-10-18-16(21)9-6-14-4-2-3-5-14/h12,14-15H,2-11H2,1H3,(H,18,21). The summed E-state index contributed by atoms with van der Waals surface area (Å²) in [6.07, 6.45) is 11.6. The van der Waals surface area contributed by atoms with E-state index in [0.29, 0.717) is 12.3 Å². The smallest absolute Gasteiger partial charge is 0.220 e. The highest BCUT2D eigenvalue weighted by molar-refractivity contribution is 5.75. The molecule has 116 valence electrons. The monoisotopic (exact) mass is 289 g/mol. The summed E-state index contributed by atoms with van der Waals surface area (Å²) in [7, 11) is 0. The first kappa shape index (κ1) is 14.6. The molecular weight excluding hydrogens is 262 g/mol. The molecule has 0 spiro atoms. The van der Waals surface area contributed by atoms with Crippen LogP contribution in [-0.4, -0.2) is 22.0 Å². The van der Waals surface area contributed by atoms with Crippen molar-refractivity contribution < 1.29 is 4.79 Å². The van der Waals surface area contributed by atoms with Gasteiger partial charge in [0, 0.05) is 37.3 Å². The summed E-state index contributed by atoms with van der Waals surface area (Å²) in [6.45, 7) is 3.67. The number of nitrogens with zero attached hydrogens (tertiary/aromatic N) is 2. The average Bonchev–Trinajstić information content (AvgIpc) is 3.06. The van der Waals surface area contributed by atoms with Crippen LogP contribution in [0.15, 0.2) is 6.20 Å². The van der Waals surface area contributed by atoms with E-state index in [0.717, 1.165) is 25.4 Å². The SMILES string of the molecule is Cc1cnc(C2CC2)n1CCNC(=O)CCC1CCCC1. The number of amides is 1. The minimum atomic E-state index is 0.215. The molecule has 2 saturated carbocycles. The highest BCUT2D eigenvalue weighted by atomic mass is 16.1. The van der Waals surface area contributed by atoms with Crippen LogP contribution in [0.25, 0.3) is 0 Å². The van der Waals surface area contributed by atoms with Crippen LogP contribution < -0.4 is 5.32 Å². The van der Waals surface area contributed by atoms with E-state index in [1.165, 1.54) is 50.0 Å². The van der Waals surface area contributed by atoms with Gasteiger partial charge in [0.05, 0.1) is 0 Å². The van der Waals surface area contributed by atoms with Crippen LogP contribution in [0.2, 0.25) is 0 Å². The number of carbonyl (C=O) groups is 1. The van der Waals surface area contributed by atoms with Gasteiger partial charge in [0.1, 0.15) is 5.82 Å². The number of imidazole rings is 1. The predicted molar refractivity (Wildman–Crippen MR) is 83.1 cm³/mol. The van der Waals surface area contributed by atoms with E-state index in [1.54, 1.807) is 0 Å². The number of hydrogen-bond acceptors (Lipinski definition) is 2. The lowest BCUT2D eigenvalue weighted by Gasteiger charge is -2.12. The van der Waals surface area contributed by atoms with Crippen LogP contribution in [0.3, 0.4) is 0 Å². The lowest BCUT2D eigenvalue weighted by molar-refractivity contribution is -0.121. The minimum absolute atomic E-state index is 0.215. The number of rotatable bonds is 7. The largest absolute Gasteiger partial charge is 0.354 e.